The molecule has 2 heterocycles. The Balaban J connectivity index is 1.68. The lowest BCUT2D eigenvalue weighted by molar-refractivity contribution is 0.0937. The van der Waals surface area contributed by atoms with Gasteiger partial charge in [0, 0.05) is 18.5 Å². The Labute approximate surface area is 173 Å². The van der Waals surface area contributed by atoms with E-state index in [4.69, 9.17) is 4.98 Å². The number of pyridine rings is 1. The summed E-state index contributed by atoms with van der Waals surface area (Å²) in [5, 5.41) is 4.16. The van der Waals surface area contributed by atoms with Crippen molar-refractivity contribution >= 4 is 22.6 Å². The molecule has 1 aliphatic heterocycles. The molecule has 1 amide bonds. The van der Waals surface area contributed by atoms with E-state index < -0.39 is 0 Å². The van der Waals surface area contributed by atoms with Gasteiger partial charge in [0.1, 0.15) is 5.82 Å². The van der Waals surface area contributed by atoms with E-state index in [1.807, 2.05) is 48.5 Å². The van der Waals surface area contributed by atoms with Crippen molar-refractivity contribution in [3.63, 3.8) is 0 Å². The third-order valence-electron chi connectivity index (χ3n) is 5.79. The SMILES string of the molecule is CC[C@H](NC(=O)c1cc(N2CCCCCC2)nc2ccccc12)c1ccccc1. The van der Waals surface area contributed by atoms with E-state index in [2.05, 4.69) is 29.3 Å². The third-order valence-corrected chi connectivity index (χ3v) is 5.79. The number of nitrogens with one attached hydrogen (secondary N) is 1. The number of carbonyl (C=O) groups is 1. The summed E-state index contributed by atoms with van der Waals surface area (Å²) in [6.45, 7) is 4.12. The summed E-state index contributed by atoms with van der Waals surface area (Å²) in [7, 11) is 0. The largest absolute Gasteiger partial charge is 0.357 e. The van der Waals surface area contributed by atoms with E-state index in [1.165, 1.54) is 25.7 Å². The van der Waals surface area contributed by atoms with E-state index in [-0.39, 0.29) is 11.9 Å². The maximum Gasteiger partial charge on any atom is 0.252 e. The first-order chi connectivity index (χ1) is 14.3. The molecule has 1 N–H and O–H groups in total. The van der Waals surface area contributed by atoms with Crippen LogP contribution in [-0.2, 0) is 0 Å². The molecule has 2 aromatic carbocycles. The molecule has 0 spiro atoms. The summed E-state index contributed by atoms with van der Waals surface area (Å²) >= 11 is 0. The number of anilines is 1. The Kier molecular flexibility index (Phi) is 6.09. The summed E-state index contributed by atoms with van der Waals surface area (Å²) in [5.74, 6) is 0.888. The topological polar surface area (TPSA) is 45.2 Å². The van der Waals surface area contributed by atoms with Gasteiger partial charge >= 0.3 is 0 Å². The van der Waals surface area contributed by atoms with Crippen molar-refractivity contribution in [1.29, 1.82) is 0 Å². The number of carbonyl (C=O) groups excluding carboxylic acids is 1. The highest BCUT2D eigenvalue weighted by atomic mass is 16.1. The minimum Gasteiger partial charge on any atom is -0.357 e. The minimum absolute atomic E-state index is 0.00253. The number of rotatable bonds is 5. The molecule has 3 aromatic rings. The van der Waals surface area contributed by atoms with Gasteiger partial charge in [0.25, 0.3) is 5.91 Å². The van der Waals surface area contributed by atoms with Crippen LogP contribution in [0.25, 0.3) is 10.9 Å². The number of fused-ring (bicyclic) bond motifs is 1. The molecule has 29 heavy (non-hydrogen) atoms. The number of para-hydroxylation sites is 1. The summed E-state index contributed by atoms with van der Waals surface area (Å²) in [5.41, 5.74) is 2.73. The highest BCUT2D eigenvalue weighted by Crippen LogP contribution is 2.26. The first-order valence-electron chi connectivity index (χ1n) is 10.8. The van der Waals surface area contributed by atoms with Gasteiger partial charge in [-0.25, -0.2) is 4.98 Å². The molecule has 0 aliphatic carbocycles. The van der Waals surface area contributed by atoms with Crippen molar-refractivity contribution in [3.8, 4) is 0 Å². The Morgan fingerprint density at radius 3 is 2.41 bits per heavy atom. The van der Waals surface area contributed by atoms with Gasteiger partial charge in [-0.05, 0) is 37.0 Å². The van der Waals surface area contributed by atoms with Crippen LogP contribution in [0.1, 0.15) is 61.0 Å². The van der Waals surface area contributed by atoms with Crippen LogP contribution in [0.2, 0.25) is 0 Å². The van der Waals surface area contributed by atoms with Crippen LogP contribution in [0, 0.1) is 0 Å². The minimum atomic E-state index is -0.0321. The van der Waals surface area contributed by atoms with Gasteiger partial charge in [0.05, 0.1) is 17.1 Å². The molecular formula is C25H29N3O. The monoisotopic (exact) mass is 387 g/mol. The molecule has 0 unspecified atom stereocenters. The zero-order valence-corrected chi connectivity index (χ0v) is 17.1. The van der Waals surface area contributed by atoms with Crippen LogP contribution in [0.5, 0.6) is 0 Å². The molecule has 1 aliphatic rings. The molecule has 4 nitrogen and oxygen atoms in total. The summed E-state index contributed by atoms with van der Waals surface area (Å²) in [6.07, 6.45) is 5.75. The van der Waals surface area contributed by atoms with Crippen molar-refractivity contribution < 1.29 is 4.79 Å². The molecule has 4 rings (SSSR count). The van der Waals surface area contributed by atoms with Crippen LogP contribution < -0.4 is 10.2 Å². The van der Waals surface area contributed by atoms with E-state index in [0.717, 1.165) is 41.8 Å². The van der Waals surface area contributed by atoms with Crippen molar-refractivity contribution in [2.75, 3.05) is 18.0 Å². The van der Waals surface area contributed by atoms with Crippen LogP contribution in [0.3, 0.4) is 0 Å². The number of amides is 1. The van der Waals surface area contributed by atoms with Crippen molar-refractivity contribution in [1.82, 2.24) is 10.3 Å². The Bertz CT molecular complexity index is 962. The quantitative estimate of drug-likeness (QED) is 0.629. The van der Waals surface area contributed by atoms with Gasteiger partial charge in [0.2, 0.25) is 0 Å². The number of hydrogen-bond acceptors (Lipinski definition) is 3. The summed E-state index contributed by atoms with van der Waals surface area (Å²) < 4.78 is 0. The summed E-state index contributed by atoms with van der Waals surface area (Å²) in [6, 6.07) is 20.1. The van der Waals surface area contributed by atoms with Crippen LogP contribution >= 0.6 is 0 Å². The Hall–Kier alpha value is -2.88. The fraction of sp³-hybridized carbons (Fsp3) is 0.360. The van der Waals surface area contributed by atoms with Crippen molar-refractivity contribution in [2.24, 2.45) is 0 Å². The average Bonchev–Trinajstić information content (AvgIpc) is 3.07. The van der Waals surface area contributed by atoms with Crippen LogP contribution in [-0.4, -0.2) is 24.0 Å². The molecule has 4 heteroatoms. The number of hydrogen-bond donors (Lipinski definition) is 1. The van der Waals surface area contributed by atoms with Gasteiger partial charge in [-0.3, -0.25) is 4.79 Å². The van der Waals surface area contributed by atoms with E-state index >= 15 is 0 Å². The zero-order chi connectivity index (χ0) is 20.1. The summed E-state index contributed by atoms with van der Waals surface area (Å²) in [4.78, 5) is 20.6. The molecule has 1 aromatic heterocycles. The maximum atomic E-state index is 13.3. The van der Waals surface area contributed by atoms with Gasteiger partial charge in [-0.1, -0.05) is 68.3 Å². The second-order valence-electron chi connectivity index (χ2n) is 7.79. The normalized spacial score (nSPS) is 15.7. The van der Waals surface area contributed by atoms with Gasteiger partial charge in [0.15, 0.2) is 0 Å². The second kappa shape index (κ2) is 9.08. The fourth-order valence-corrected chi connectivity index (χ4v) is 4.15. The molecule has 150 valence electrons. The molecule has 1 atom stereocenters. The highest BCUT2D eigenvalue weighted by Gasteiger charge is 2.20. The van der Waals surface area contributed by atoms with E-state index in [0.29, 0.717) is 5.56 Å². The molecule has 1 saturated heterocycles. The Morgan fingerprint density at radius 1 is 1.00 bits per heavy atom. The lowest BCUT2D eigenvalue weighted by Gasteiger charge is -2.23. The molecule has 0 saturated carbocycles. The van der Waals surface area contributed by atoms with Crippen molar-refractivity contribution in [2.45, 2.75) is 45.1 Å². The smallest absolute Gasteiger partial charge is 0.252 e. The van der Waals surface area contributed by atoms with Crippen molar-refractivity contribution in [3.05, 3.63) is 71.8 Å². The lowest BCUT2D eigenvalue weighted by Crippen LogP contribution is -2.29. The molecule has 0 bridgehead atoms. The predicted octanol–water partition coefficient (Wildman–Crippen LogP) is 5.50. The first-order valence-corrected chi connectivity index (χ1v) is 10.8. The average molecular weight is 388 g/mol. The maximum absolute atomic E-state index is 13.3. The second-order valence-corrected chi connectivity index (χ2v) is 7.79. The zero-order valence-electron chi connectivity index (χ0n) is 17.1. The Morgan fingerprint density at radius 2 is 1.69 bits per heavy atom. The highest BCUT2D eigenvalue weighted by molar-refractivity contribution is 6.07. The fourth-order valence-electron chi connectivity index (χ4n) is 4.15. The third kappa shape index (κ3) is 4.42. The van der Waals surface area contributed by atoms with E-state index in [9.17, 15) is 4.79 Å². The number of nitrogens with zero attached hydrogens (tertiary/aromatic N) is 2. The van der Waals surface area contributed by atoms with E-state index in [1.54, 1.807) is 0 Å². The number of aromatic nitrogens is 1. The molecular weight excluding hydrogens is 358 g/mol. The van der Waals surface area contributed by atoms with Gasteiger partial charge in [-0.2, -0.15) is 0 Å². The molecule has 1 fully saturated rings. The standard InChI is InChI=1S/C25H29N3O/c1-2-22(19-12-6-5-7-13-19)27-25(29)21-18-24(28-16-10-3-4-11-17-28)26-23-15-9-8-14-20(21)23/h5-9,12-15,18,22H,2-4,10-11,16-17H2,1H3,(H,27,29)/t22-/m0/s1. The van der Waals surface area contributed by atoms with Gasteiger partial charge in [-0.15, -0.1) is 0 Å². The first kappa shape index (κ1) is 19.4. The lowest BCUT2D eigenvalue weighted by atomic mass is 10.0. The van der Waals surface area contributed by atoms with Crippen LogP contribution in [0.4, 0.5) is 5.82 Å². The molecule has 0 radical (unpaired) electrons. The predicted molar refractivity (Wildman–Crippen MR) is 119 cm³/mol. The van der Waals surface area contributed by atoms with Gasteiger partial charge < -0.3 is 10.2 Å². The number of benzene rings is 2. The van der Waals surface area contributed by atoms with Crippen LogP contribution in [0.15, 0.2) is 60.7 Å².